The first-order valence-corrected chi connectivity index (χ1v) is 9.53. The predicted molar refractivity (Wildman–Crippen MR) is 97.2 cm³/mol. The van der Waals surface area contributed by atoms with Crippen molar-refractivity contribution in [2.75, 3.05) is 7.11 Å². The molecule has 1 unspecified atom stereocenters. The summed E-state index contributed by atoms with van der Waals surface area (Å²) in [6, 6.07) is 4.47. The topological polar surface area (TPSA) is 81.5 Å². The molecular weight excluding hydrogens is 332 g/mol. The molecule has 0 aliphatic heterocycles. The van der Waals surface area contributed by atoms with Crippen molar-refractivity contribution in [3.63, 3.8) is 0 Å². The number of rotatable bonds is 5. The number of methoxy groups -OCH3 is 1. The van der Waals surface area contributed by atoms with Crippen molar-refractivity contribution in [3.05, 3.63) is 33.9 Å². The van der Waals surface area contributed by atoms with Gasteiger partial charge in [0.2, 0.25) is 0 Å². The molecule has 0 heterocycles. The van der Waals surface area contributed by atoms with Crippen LogP contribution in [0.3, 0.4) is 0 Å². The lowest BCUT2D eigenvalue weighted by atomic mass is 9.48. The molecule has 0 saturated heterocycles. The van der Waals surface area contributed by atoms with Crippen molar-refractivity contribution >= 4 is 11.6 Å². The predicted octanol–water partition coefficient (Wildman–Crippen LogP) is 3.94. The molecule has 0 aromatic heterocycles. The second kappa shape index (κ2) is 6.25. The zero-order chi connectivity index (χ0) is 18.5. The molecule has 0 radical (unpaired) electrons. The average Bonchev–Trinajstić information content (AvgIpc) is 2.59. The molecule has 4 saturated carbocycles. The highest BCUT2D eigenvalue weighted by atomic mass is 16.6. The van der Waals surface area contributed by atoms with Crippen molar-refractivity contribution in [1.82, 2.24) is 5.32 Å². The van der Waals surface area contributed by atoms with E-state index in [1.54, 1.807) is 6.07 Å². The van der Waals surface area contributed by atoms with Crippen LogP contribution in [0, 0.1) is 33.3 Å². The van der Waals surface area contributed by atoms with Crippen molar-refractivity contribution < 1.29 is 14.5 Å². The number of nitrogens with zero attached hydrogens (tertiary/aromatic N) is 1. The van der Waals surface area contributed by atoms with E-state index >= 15 is 0 Å². The lowest BCUT2D eigenvalue weighted by Gasteiger charge is -2.59. The minimum absolute atomic E-state index is 0.0876. The lowest BCUT2D eigenvalue weighted by Crippen LogP contribution is -2.55. The fourth-order valence-corrected chi connectivity index (χ4v) is 6.11. The number of nitro benzene ring substituents is 1. The highest BCUT2D eigenvalue weighted by Gasteiger charge is 2.53. The Balaban J connectivity index is 1.51. The maximum absolute atomic E-state index is 12.7. The summed E-state index contributed by atoms with van der Waals surface area (Å²) in [5.41, 5.74) is 0.347. The van der Waals surface area contributed by atoms with Crippen LogP contribution in [0.25, 0.3) is 0 Å². The minimum atomic E-state index is -0.516. The lowest BCUT2D eigenvalue weighted by molar-refractivity contribution is -0.385. The van der Waals surface area contributed by atoms with E-state index in [9.17, 15) is 14.9 Å². The molecule has 1 N–H and O–H groups in total. The van der Waals surface area contributed by atoms with Crippen molar-refractivity contribution in [1.29, 1.82) is 0 Å². The number of amides is 1. The van der Waals surface area contributed by atoms with Gasteiger partial charge < -0.3 is 10.1 Å². The highest BCUT2D eigenvalue weighted by molar-refractivity contribution is 5.95. The number of carbonyl (C=O) groups is 1. The first kappa shape index (κ1) is 17.3. The van der Waals surface area contributed by atoms with Crippen molar-refractivity contribution in [2.24, 2.45) is 23.2 Å². The van der Waals surface area contributed by atoms with Crippen LogP contribution in [0.1, 0.15) is 55.8 Å². The van der Waals surface area contributed by atoms with Crippen LogP contribution in [0.15, 0.2) is 18.2 Å². The zero-order valence-corrected chi connectivity index (χ0v) is 15.4. The van der Waals surface area contributed by atoms with Gasteiger partial charge in [0.1, 0.15) is 0 Å². The number of nitro groups is 1. The van der Waals surface area contributed by atoms with Crippen LogP contribution in [-0.4, -0.2) is 24.0 Å². The molecule has 1 aromatic rings. The summed E-state index contributed by atoms with van der Waals surface area (Å²) in [7, 11) is 1.39. The molecule has 5 rings (SSSR count). The van der Waals surface area contributed by atoms with Gasteiger partial charge >= 0.3 is 5.69 Å². The van der Waals surface area contributed by atoms with Crippen LogP contribution in [0.5, 0.6) is 5.75 Å². The zero-order valence-electron chi connectivity index (χ0n) is 15.4. The third-order valence-corrected chi connectivity index (χ3v) is 6.99. The summed E-state index contributed by atoms with van der Waals surface area (Å²) >= 11 is 0. The van der Waals surface area contributed by atoms with E-state index in [-0.39, 0.29) is 28.8 Å². The largest absolute Gasteiger partial charge is 0.490 e. The van der Waals surface area contributed by atoms with E-state index in [2.05, 4.69) is 12.2 Å². The SMILES string of the molecule is COc1ccc(C(=O)NC(C)C23CC4CC(CC(C4)C2)C3)cc1[N+](=O)[O-]. The molecule has 26 heavy (non-hydrogen) atoms. The van der Waals surface area contributed by atoms with Crippen LogP contribution in [0.2, 0.25) is 0 Å². The number of hydrogen-bond acceptors (Lipinski definition) is 4. The second-order valence-electron chi connectivity index (χ2n) is 8.62. The van der Waals surface area contributed by atoms with Crippen LogP contribution in [-0.2, 0) is 0 Å². The third kappa shape index (κ3) is 2.85. The van der Waals surface area contributed by atoms with Gasteiger partial charge in [0, 0.05) is 17.7 Å². The summed E-state index contributed by atoms with van der Waals surface area (Å²) in [5, 5.41) is 14.4. The second-order valence-corrected chi connectivity index (χ2v) is 8.62. The molecule has 140 valence electrons. The van der Waals surface area contributed by atoms with Gasteiger partial charge in [-0.1, -0.05) is 0 Å². The first-order valence-electron chi connectivity index (χ1n) is 9.53. The fraction of sp³-hybridized carbons (Fsp3) is 0.650. The van der Waals surface area contributed by atoms with Gasteiger partial charge in [0.25, 0.3) is 5.91 Å². The minimum Gasteiger partial charge on any atom is -0.490 e. The van der Waals surface area contributed by atoms with Crippen LogP contribution < -0.4 is 10.1 Å². The number of benzene rings is 1. The summed E-state index contributed by atoms with van der Waals surface area (Å²) in [4.78, 5) is 23.4. The maximum Gasteiger partial charge on any atom is 0.311 e. The van der Waals surface area contributed by atoms with Crippen LogP contribution >= 0.6 is 0 Å². The molecular formula is C20H26N2O4. The van der Waals surface area contributed by atoms with Crippen LogP contribution in [0.4, 0.5) is 5.69 Å². The number of hydrogen-bond donors (Lipinski definition) is 1. The van der Waals surface area contributed by atoms with Gasteiger partial charge in [-0.25, -0.2) is 0 Å². The summed E-state index contributed by atoms with van der Waals surface area (Å²) in [6.45, 7) is 2.11. The van der Waals surface area contributed by atoms with Gasteiger partial charge in [-0.05, 0) is 80.8 Å². The summed E-state index contributed by atoms with van der Waals surface area (Å²) < 4.78 is 5.01. The quantitative estimate of drug-likeness (QED) is 0.638. The summed E-state index contributed by atoms with van der Waals surface area (Å²) in [5.74, 6) is 2.40. The monoisotopic (exact) mass is 358 g/mol. The Hall–Kier alpha value is -2.11. The average molecular weight is 358 g/mol. The molecule has 0 spiro atoms. The van der Waals surface area contributed by atoms with E-state index < -0.39 is 4.92 Å². The number of nitrogens with one attached hydrogen (secondary N) is 1. The van der Waals surface area contributed by atoms with E-state index in [0.29, 0.717) is 5.56 Å². The van der Waals surface area contributed by atoms with Crippen molar-refractivity contribution in [2.45, 2.75) is 51.5 Å². The Kier molecular flexibility index (Phi) is 4.16. The number of carbonyl (C=O) groups excluding carboxylic acids is 1. The molecule has 6 nitrogen and oxygen atoms in total. The van der Waals surface area contributed by atoms with Gasteiger partial charge in [-0.3, -0.25) is 14.9 Å². The molecule has 4 bridgehead atoms. The van der Waals surface area contributed by atoms with Gasteiger partial charge in [0.15, 0.2) is 5.75 Å². The van der Waals surface area contributed by atoms with Gasteiger partial charge in [-0.15, -0.1) is 0 Å². The van der Waals surface area contributed by atoms with E-state index in [1.165, 1.54) is 57.8 Å². The van der Waals surface area contributed by atoms with E-state index in [1.807, 2.05) is 0 Å². The Morgan fingerprint density at radius 2 is 1.81 bits per heavy atom. The Bertz CT molecular complexity index is 710. The van der Waals surface area contributed by atoms with E-state index in [0.717, 1.165) is 17.8 Å². The molecule has 1 aromatic carbocycles. The molecule has 4 aliphatic rings. The Morgan fingerprint density at radius 1 is 1.23 bits per heavy atom. The molecule has 1 atom stereocenters. The smallest absolute Gasteiger partial charge is 0.311 e. The van der Waals surface area contributed by atoms with Gasteiger partial charge in [0.05, 0.1) is 12.0 Å². The standard InChI is InChI=1S/C20H26N2O4/c1-12(20-9-13-5-14(10-20)7-15(6-13)11-20)21-19(23)16-3-4-18(26-2)17(8-16)22(24)25/h3-4,8,12-15H,5-7,9-11H2,1-2H3,(H,21,23). The Morgan fingerprint density at radius 3 is 2.31 bits per heavy atom. The normalized spacial score (nSPS) is 32.9. The molecule has 6 heteroatoms. The Labute approximate surface area is 153 Å². The van der Waals surface area contributed by atoms with Crippen molar-refractivity contribution in [3.8, 4) is 5.75 Å². The molecule has 4 aliphatic carbocycles. The fourth-order valence-electron chi connectivity index (χ4n) is 6.11. The highest BCUT2D eigenvalue weighted by Crippen LogP contribution is 2.61. The van der Waals surface area contributed by atoms with E-state index in [4.69, 9.17) is 4.74 Å². The first-order chi connectivity index (χ1) is 12.4. The maximum atomic E-state index is 12.7. The third-order valence-electron chi connectivity index (χ3n) is 6.99. The van der Waals surface area contributed by atoms with Gasteiger partial charge in [-0.2, -0.15) is 0 Å². The molecule has 1 amide bonds. The number of ether oxygens (including phenoxy) is 1. The summed E-state index contributed by atoms with van der Waals surface area (Å²) in [6.07, 6.45) is 7.73. The molecule has 4 fully saturated rings.